The zero-order chi connectivity index (χ0) is 18.9. The summed E-state index contributed by atoms with van der Waals surface area (Å²) < 4.78 is 0. The van der Waals surface area contributed by atoms with Crippen molar-refractivity contribution in [2.75, 3.05) is 13.1 Å². The molecule has 25 heavy (non-hydrogen) atoms. The molecule has 1 aromatic carbocycles. The van der Waals surface area contributed by atoms with Gasteiger partial charge in [-0.15, -0.1) is 0 Å². The number of amides is 2. The maximum atomic E-state index is 12.4. The van der Waals surface area contributed by atoms with Crippen molar-refractivity contribution >= 4 is 11.8 Å². The van der Waals surface area contributed by atoms with E-state index in [1.165, 1.54) is 0 Å². The van der Waals surface area contributed by atoms with Crippen molar-refractivity contribution in [1.82, 2.24) is 10.2 Å². The maximum absolute atomic E-state index is 12.4. The third-order valence-electron chi connectivity index (χ3n) is 4.26. The smallest absolute Gasteiger partial charge is 0.222 e. The SMILES string of the molecule is CCN(CC)C(=O)CCCC(=O)NC(CC(C)(C)C)c1ccccc1. The fourth-order valence-electron chi connectivity index (χ4n) is 2.95. The topological polar surface area (TPSA) is 49.4 Å². The summed E-state index contributed by atoms with van der Waals surface area (Å²) in [5.74, 6) is 0.151. The third kappa shape index (κ3) is 8.19. The zero-order valence-corrected chi connectivity index (χ0v) is 16.5. The summed E-state index contributed by atoms with van der Waals surface area (Å²) in [6.07, 6.45) is 2.30. The molecule has 0 saturated carbocycles. The van der Waals surface area contributed by atoms with Crippen molar-refractivity contribution in [3.8, 4) is 0 Å². The Hall–Kier alpha value is -1.84. The number of benzene rings is 1. The number of rotatable bonds is 9. The van der Waals surface area contributed by atoms with Gasteiger partial charge in [0.1, 0.15) is 0 Å². The van der Waals surface area contributed by atoms with E-state index in [1.807, 2.05) is 36.9 Å². The molecule has 0 fully saturated rings. The lowest BCUT2D eigenvalue weighted by atomic mass is 9.85. The molecule has 0 spiro atoms. The van der Waals surface area contributed by atoms with Gasteiger partial charge in [-0.3, -0.25) is 9.59 Å². The summed E-state index contributed by atoms with van der Waals surface area (Å²) >= 11 is 0. The van der Waals surface area contributed by atoms with Crippen LogP contribution in [-0.2, 0) is 9.59 Å². The molecule has 4 heteroatoms. The van der Waals surface area contributed by atoms with E-state index in [0.29, 0.717) is 19.3 Å². The van der Waals surface area contributed by atoms with Crippen LogP contribution in [0.3, 0.4) is 0 Å². The lowest BCUT2D eigenvalue weighted by molar-refractivity contribution is -0.131. The van der Waals surface area contributed by atoms with Gasteiger partial charge in [-0.1, -0.05) is 51.1 Å². The zero-order valence-electron chi connectivity index (χ0n) is 16.5. The van der Waals surface area contributed by atoms with E-state index in [1.54, 1.807) is 0 Å². The second kappa shape index (κ2) is 10.2. The van der Waals surface area contributed by atoms with Gasteiger partial charge in [0, 0.05) is 25.9 Å². The van der Waals surface area contributed by atoms with Crippen LogP contribution in [0.25, 0.3) is 0 Å². The van der Waals surface area contributed by atoms with Crippen molar-refractivity contribution in [2.24, 2.45) is 5.41 Å². The number of carbonyl (C=O) groups is 2. The molecule has 1 unspecified atom stereocenters. The molecule has 1 N–H and O–H groups in total. The van der Waals surface area contributed by atoms with Crippen molar-refractivity contribution in [3.63, 3.8) is 0 Å². The number of hydrogen-bond acceptors (Lipinski definition) is 2. The highest BCUT2D eigenvalue weighted by Gasteiger charge is 2.22. The number of nitrogens with zero attached hydrogens (tertiary/aromatic N) is 1. The molecule has 0 saturated heterocycles. The van der Waals surface area contributed by atoms with Gasteiger partial charge < -0.3 is 10.2 Å². The van der Waals surface area contributed by atoms with Gasteiger partial charge in [0.15, 0.2) is 0 Å². The highest BCUT2D eigenvalue weighted by atomic mass is 16.2. The van der Waals surface area contributed by atoms with Crippen LogP contribution in [-0.4, -0.2) is 29.8 Å². The Kier molecular flexibility index (Phi) is 8.67. The maximum Gasteiger partial charge on any atom is 0.222 e. The van der Waals surface area contributed by atoms with Crippen LogP contribution in [0, 0.1) is 5.41 Å². The molecule has 0 bridgehead atoms. The monoisotopic (exact) mass is 346 g/mol. The summed E-state index contributed by atoms with van der Waals surface area (Å²) in [7, 11) is 0. The van der Waals surface area contributed by atoms with Crippen molar-refractivity contribution < 1.29 is 9.59 Å². The third-order valence-corrected chi connectivity index (χ3v) is 4.26. The number of hydrogen-bond donors (Lipinski definition) is 1. The van der Waals surface area contributed by atoms with Crippen LogP contribution in [0.15, 0.2) is 30.3 Å². The van der Waals surface area contributed by atoms with E-state index >= 15 is 0 Å². The molecule has 0 radical (unpaired) electrons. The molecule has 0 aromatic heterocycles. The van der Waals surface area contributed by atoms with Crippen LogP contribution in [0.2, 0.25) is 0 Å². The van der Waals surface area contributed by atoms with Gasteiger partial charge in [0.25, 0.3) is 0 Å². The van der Waals surface area contributed by atoms with Crippen LogP contribution >= 0.6 is 0 Å². The van der Waals surface area contributed by atoms with Crippen LogP contribution < -0.4 is 5.32 Å². The minimum absolute atomic E-state index is 0.00665. The first-order chi connectivity index (χ1) is 11.8. The molecule has 1 atom stereocenters. The minimum atomic E-state index is 0.00665. The quantitative estimate of drug-likeness (QED) is 0.724. The summed E-state index contributed by atoms with van der Waals surface area (Å²) in [4.78, 5) is 26.2. The molecule has 0 aliphatic rings. The first kappa shape index (κ1) is 21.2. The van der Waals surface area contributed by atoms with E-state index in [2.05, 4.69) is 38.2 Å². The summed E-state index contributed by atoms with van der Waals surface area (Å²) in [6.45, 7) is 11.9. The predicted octanol–water partition coefficient (Wildman–Crippen LogP) is 4.32. The second-order valence-electron chi connectivity index (χ2n) is 7.72. The molecular weight excluding hydrogens is 312 g/mol. The molecule has 0 heterocycles. The van der Waals surface area contributed by atoms with Crippen molar-refractivity contribution in [1.29, 1.82) is 0 Å². The average molecular weight is 347 g/mol. The van der Waals surface area contributed by atoms with E-state index in [-0.39, 0.29) is 23.3 Å². The number of carbonyl (C=O) groups excluding carboxylic acids is 2. The predicted molar refractivity (Wildman–Crippen MR) is 103 cm³/mol. The van der Waals surface area contributed by atoms with Gasteiger partial charge in [0.2, 0.25) is 11.8 Å². The standard InChI is InChI=1S/C21H34N2O2/c1-6-23(7-2)20(25)15-11-14-19(24)22-18(16-21(3,4)5)17-12-9-8-10-13-17/h8-10,12-13,18H,6-7,11,14-16H2,1-5H3,(H,22,24). The Morgan fingerprint density at radius 2 is 1.64 bits per heavy atom. The number of nitrogens with one attached hydrogen (secondary N) is 1. The van der Waals surface area contributed by atoms with Gasteiger partial charge in [0.05, 0.1) is 6.04 Å². The van der Waals surface area contributed by atoms with Crippen LogP contribution in [0.4, 0.5) is 0 Å². The van der Waals surface area contributed by atoms with Crippen molar-refractivity contribution in [2.45, 2.75) is 66.3 Å². The van der Waals surface area contributed by atoms with Gasteiger partial charge in [-0.05, 0) is 37.7 Å². The Bertz CT molecular complexity index is 531. The lowest BCUT2D eigenvalue weighted by Crippen LogP contribution is -2.32. The normalized spacial score (nSPS) is 12.5. The molecule has 4 nitrogen and oxygen atoms in total. The van der Waals surface area contributed by atoms with E-state index < -0.39 is 0 Å². The lowest BCUT2D eigenvalue weighted by Gasteiger charge is -2.27. The first-order valence-electron chi connectivity index (χ1n) is 9.39. The fraction of sp³-hybridized carbons (Fsp3) is 0.619. The van der Waals surface area contributed by atoms with Crippen LogP contribution in [0.1, 0.15) is 71.9 Å². The summed E-state index contributed by atoms with van der Waals surface area (Å²) in [5, 5.41) is 3.16. The van der Waals surface area contributed by atoms with E-state index in [4.69, 9.17) is 0 Å². The average Bonchev–Trinajstić information content (AvgIpc) is 2.55. The highest BCUT2D eigenvalue weighted by Crippen LogP contribution is 2.29. The first-order valence-corrected chi connectivity index (χ1v) is 9.39. The highest BCUT2D eigenvalue weighted by molar-refractivity contribution is 5.79. The largest absolute Gasteiger partial charge is 0.349 e. The minimum Gasteiger partial charge on any atom is -0.349 e. The Balaban J connectivity index is 2.57. The second-order valence-corrected chi connectivity index (χ2v) is 7.72. The van der Waals surface area contributed by atoms with Crippen molar-refractivity contribution in [3.05, 3.63) is 35.9 Å². The Morgan fingerprint density at radius 1 is 1.04 bits per heavy atom. The van der Waals surface area contributed by atoms with E-state index in [0.717, 1.165) is 25.1 Å². The molecule has 0 aliphatic heterocycles. The molecule has 1 rings (SSSR count). The molecular formula is C21H34N2O2. The van der Waals surface area contributed by atoms with Gasteiger partial charge in [-0.2, -0.15) is 0 Å². The summed E-state index contributed by atoms with van der Waals surface area (Å²) in [5.41, 5.74) is 1.25. The van der Waals surface area contributed by atoms with E-state index in [9.17, 15) is 9.59 Å². The van der Waals surface area contributed by atoms with Gasteiger partial charge >= 0.3 is 0 Å². The Morgan fingerprint density at radius 3 is 2.16 bits per heavy atom. The fourth-order valence-corrected chi connectivity index (χ4v) is 2.95. The summed E-state index contributed by atoms with van der Waals surface area (Å²) in [6, 6.07) is 10.1. The van der Waals surface area contributed by atoms with Crippen LogP contribution in [0.5, 0.6) is 0 Å². The molecule has 1 aromatic rings. The Labute approximate surface area is 153 Å². The molecule has 0 aliphatic carbocycles. The molecule has 2 amide bonds. The molecule has 140 valence electrons. The van der Waals surface area contributed by atoms with Gasteiger partial charge in [-0.25, -0.2) is 0 Å².